The Balaban J connectivity index is 1.97. The molecule has 150 valence electrons. The Morgan fingerprint density at radius 1 is 1.32 bits per heavy atom. The van der Waals surface area contributed by atoms with Crippen molar-refractivity contribution in [3.8, 4) is 5.75 Å². The molecule has 0 aromatic heterocycles. The van der Waals surface area contributed by atoms with Crippen molar-refractivity contribution in [1.82, 2.24) is 4.72 Å². The zero-order chi connectivity index (χ0) is 20.7. The smallest absolute Gasteiger partial charge is 0.326 e. The third kappa shape index (κ3) is 3.80. The summed E-state index contributed by atoms with van der Waals surface area (Å²) in [6, 6.07) is 6.31. The Bertz CT molecular complexity index is 1070. The van der Waals surface area contributed by atoms with Gasteiger partial charge in [0.25, 0.3) is 5.91 Å². The lowest BCUT2D eigenvalue weighted by Gasteiger charge is -2.19. The minimum absolute atomic E-state index is 0.148. The molecular weight excluding hydrogens is 387 g/mol. The number of nitrogens with one attached hydrogen (secondary N) is 1. The predicted molar refractivity (Wildman–Crippen MR) is 103 cm³/mol. The number of phenolic OH excluding ortho intramolecular Hbond substituents is 1. The summed E-state index contributed by atoms with van der Waals surface area (Å²) in [6.45, 7) is 3.10. The van der Waals surface area contributed by atoms with E-state index in [2.05, 4.69) is 0 Å². The standard InChI is InChI=1S/C19H21FN2O5S/c1-19(2,11-23)7-3-4-12-5-6-13-9-15(24)18(17(20)14(13)8-12)22-10-16(25)21-28(22,26)27/h5-6,8-9,11,24H,3-4,7,10H2,1-2H3,(H,21,25). The summed E-state index contributed by atoms with van der Waals surface area (Å²) in [5.74, 6) is -2.28. The molecule has 0 aliphatic carbocycles. The zero-order valence-electron chi connectivity index (χ0n) is 15.5. The number of anilines is 1. The van der Waals surface area contributed by atoms with Crippen LogP contribution in [-0.4, -0.2) is 32.3 Å². The maximum absolute atomic E-state index is 15.1. The topological polar surface area (TPSA) is 104 Å². The number of phenols is 1. The monoisotopic (exact) mass is 408 g/mol. The fourth-order valence-corrected chi connectivity index (χ4v) is 4.38. The third-order valence-electron chi connectivity index (χ3n) is 4.77. The first-order chi connectivity index (χ1) is 13.0. The van der Waals surface area contributed by atoms with Crippen molar-refractivity contribution >= 4 is 38.9 Å². The number of fused-ring (bicyclic) bond motifs is 1. The number of hydrogen-bond acceptors (Lipinski definition) is 5. The lowest BCUT2D eigenvalue weighted by molar-refractivity contribution is -0.117. The molecule has 0 unspecified atom stereocenters. The molecule has 0 spiro atoms. The second-order valence-corrected chi connectivity index (χ2v) is 9.21. The summed E-state index contributed by atoms with van der Waals surface area (Å²) in [5.41, 5.74) is -0.154. The maximum Gasteiger partial charge on any atom is 0.326 e. The molecule has 0 bridgehead atoms. The largest absolute Gasteiger partial charge is 0.506 e. The minimum Gasteiger partial charge on any atom is -0.506 e. The molecule has 1 heterocycles. The Morgan fingerprint density at radius 2 is 2.04 bits per heavy atom. The van der Waals surface area contributed by atoms with Gasteiger partial charge in [-0.3, -0.25) is 4.79 Å². The second kappa shape index (κ2) is 7.05. The van der Waals surface area contributed by atoms with Crippen molar-refractivity contribution in [2.45, 2.75) is 33.1 Å². The first-order valence-electron chi connectivity index (χ1n) is 8.78. The molecule has 0 radical (unpaired) electrons. The molecule has 7 nitrogen and oxygen atoms in total. The summed E-state index contributed by atoms with van der Waals surface area (Å²) in [7, 11) is -4.25. The van der Waals surface area contributed by atoms with Gasteiger partial charge in [0, 0.05) is 10.8 Å². The molecular formula is C19H21FN2O5S. The number of benzene rings is 2. The highest BCUT2D eigenvalue weighted by atomic mass is 32.2. The number of hydrogen-bond donors (Lipinski definition) is 2. The average molecular weight is 408 g/mol. The van der Waals surface area contributed by atoms with Crippen LogP contribution >= 0.6 is 0 Å². The van der Waals surface area contributed by atoms with Crippen molar-refractivity contribution in [3.05, 3.63) is 35.6 Å². The molecule has 0 atom stereocenters. The van der Waals surface area contributed by atoms with Crippen molar-refractivity contribution < 1.29 is 27.5 Å². The van der Waals surface area contributed by atoms with Crippen LogP contribution in [-0.2, 0) is 26.2 Å². The van der Waals surface area contributed by atoms with Crippen LogP contribution in [0.2, 0.25) is 0 Å². The van der Waals surface area contributed by atoms with Gasteiger partial charge in [0.2, 0.25) is 0 Å². The molecule has 1 saturated heterocycles. The number of halogens is 1. The lowest BCUT2D eigenvalue weighted by atomic mass is 9.88. The molecule has 0 saturated carbocycles. The number of aryl methyl sites for hydroxylation is 1. The normalized spacial score (nSPS) is 16.4. The first kappa shape index (κ1) is 20.1. The van der Waals surface area contributed by atoms with E-state index in [1.165, 1.54) is 6.07 Å². The second-order valence-electron chi connectivity index (χ2n) is 7.61. The highest BCUT2D eigenvalue weighted by Crippen LogP contribution is 2.38. The molecule has 2 aromatic rings. The fourth-order valence-electron chi connectivity index (χ4n) is 3.22. The summed E-state index contributed by atoms with van der Waals surface area (Å²) in [4.78, 5) is 22.4. The number of carbonyl (C=O) groups excluding carboxylic acids is 2. The Labute approximate surface area is 162 Å². The number of nitrogens with zero attached hydrogens (tertiary/aromatic N) is 1. The van der Waals surface area contributed by atoms with Crippen molar-refractivity contribution in [3.63, 3.8) is 0 Å². The van der Waals surface area contributed by atoms with Gasteiger partial charge < -0.3 is 9.90 Å². The van der Waals surface area contributed by atoms with E-state index in [1.54, 1.807) is 22.9 Å². The van der Waals surface area contributed by atoms with Crippen LogP contribution in [0.25, 0.3) is 10.8 Å². The number of carbonyl (C=O) groups is 2. The van der Waals surface area contributed by atoms with Crippen LogP contribution in [0.4, 0.5) is 10.1 Å². The maximum atomic E-state index is 15.1. The first-order valence-corrected chi connectivity index (χ1v) is 10.2. The quantitative estimate of drug-likeness (QED) is 0.715. The Morgan fingerprint density at radius 3 is 2.64 bits per heavy atom. The van der Waals surface area contributed by atoms with Crippen LogP contribution in [0.5, 0.6) is 5.75 Å². The van der Waals surface area contributed by atoms with E-state index >= 15 is 4.39 Å². The molecule has 2 aromatic carbocycles. The van der Waals surface area contributed by atoms with E-state index in [-0.39, 0.29) is 5.39 Å². The van der Waals surface area contributed by atoms with E-state index in [4.69, 9.17) is 0 Å². The third-order valence-corrected chi connectivity index (χ3v) is 6.15. The van der Waals surface area contributed by atoms with E-state index in [0.29, 0.717) is 22.5 Å². The fraction of sp³-hybridized carbons (Fsp3) is 0.368. The van der Waals surface area contributed by atoms with Crippen LogP contribution < -0.4 is 9.03 Å². The van der Waals surface area contributed by atoms with E-state index in [1.807, 2.05) is 13.8 Å². The van der Waals surface area contributed by atoms with Gasteiger partial charge in [-0.1, -0.05) is 26.0 Å². The highest BCUT2D eigenvalue weighted by molar-refractivity contribution is 7.92. The minimum atomic E-state index is -4.25. The Kier molecular flexibility index (Phi) is 5.05. The van der Waals surface area contributed by atoms with Crippen LogP contribution in [0.3, 0.4) is 0 Å². The molecule has 1 fully saturated rings. The zero-order valence-corrected chi connectivity index (χ0v) is 16.3. The summed E-state index contributed by atoms with van der Waals surface area (Å²) in [5, 5.41) is 10.7. The van der Waals surface area contributed by atoms with Gasteiger partial charge in [-0.25, -0.2) is 13.4 Å². The van der Waals surface area contributed by atoms with Gasteiger partial charge in [0.15, 0.2) is 5.82 Å². The van der Waals surface area contributed by atoms with Gasteiger partial charge in [0.05, 0.1) is 0 Å². The van der Waals surface area contributed by atoms with Crippen LogP contribution in [0.15, 0.2) is 24.3 Å². The van der Waals surface area contributed by atoms with Crippen molar-refractivity contribution in [1.29, 1.82) is 0 Å². The van der Waals surface area contributed by atoms with E-state index in [9.17, 15) is 23.1 Å². The van der Waals surface area contributed by atoms with Crippen LogP contribution in [0, 0.1) is 11.2 Å². The molecule has 1 aliphatic rings. The predicted octanol–water partition coefficient (Wildman–Crippen LogP) is 2.41. The van der Waals surface area contributed by atoms with Gasteiger partial charge in [-0.15, -0.1) is 0 Å². The number of rotatable bonds is 6. The van der Waals surface area contributed by atoms with Crippen molar-refractivity contribution in [2.75, 3.05) is 10.8 Å². The lowest BCUT2D eigenvalue weighted by Crippen LogP contribution is -2.30. The van der Waals surface area contributed by atoms with E-state index in [0.717, 1.165) is 18.3 Å². The van der Waals surface area contributed by atoms with E-state index < -0.39 is 45.3 Å². The average Bonchev–Trinajstić information content (AvgIpc) is 2.87. The molecule has 3 rings (SSSR count). The van der Waals surface area contributed by atoms with Gasteiger partial charge in [-0.2, -0.15) is 8.42 Å². The van der Waals surface area contributed by atoms with Gasteiger partial charge in [-0.05, 0) is 42.3 Å². The number of aldehydes is 1. The molecule has 9 heteroatoms. The van der Waals surface area contributed by atoms with Gasteiger partial charge >= 0.3 is 10.2 Å². The van der Waals surface area contributed by atoms with Crippen molar-refractivity contribution in [2.24, 2.45) is 5.41 Å². The van der Waals surface area contributed by atoms with Gasteiger partial charge in [0.1, 0.15) is 24.3 Å². The summed E-state index contributed by atoms with van der Waals surface area (Å²) in [6.07, 6.45) is 2.93. The molecule has 28 heavy (non-hydrogen) atoms. The molecule has 1 aliphatic heterocycles. The highest BCUT2D eigenvalue weighted by Gasteiger charge is 2.37. The molecule has 2 N–H and O–H groups in total. The SMILES string of the molecule is CC(C)(C=O)CCCc1ccc2cc(O)c(N3CC(=O)NS3(=O)=O)c(F)c2c1. The Hall–Kier alpha value is -2.68. The summed E-state index contributed by atoms with van der Waals surface area (Å²) >= 11 is 0. The number of aromatic hydroxyl groups is 1. The van der Waals surface area contributed by atoms with Crippen LogP contribution in [0.1, 0.15) is 32.3 Å². The summed E-state index contributed by atoms with van der Waals surface area (Å²) < 4.78 is 41.5. The molecule has 1 amide bonds. The number of amides is 1.